The minimum absolute atomic E-state index is 0.00504. The Kier molecular flexibility index (Phi) is 40.4. The van der Waals surface area contributed by atoms with Crippen LogP contribution in [0.1, 0.15) is 181 Å². The molecule has 3 atom stereocenters. The normalized spacial score (nSPS) is 15.0. The number of aliphatic hydroxyl groups excluding tert-OH is 1. The molecule has 0 saturated carbocycles. The number of rotatable bonds is 42. The maximum absolute atomic E-state index is 12.9. The van der Waals surface area contributed by atoms with Crippen LogP contribution in [0.15, 0.2) is 85.1 Å². The summed E-state index contributed by atoms with van der Waals surface area (Å²) in [6, 6.07) is -0.810. The Morgan fingerprint density at radius 2 is 1.02 bits per heavy atom. The van der Waals surface area contributed by atoms with Gasteiger partial charge in [0.25, 0.3) is 7.82 Å². The van der Waals surface area contributed by atoms with Crippen LogP contribution in [-0.2, 0) is 18.4 Å². The Morgan fingerprint density at radius 3 is 1.48 bits per heavy atom. The van der Waals surface area contributed by atoms with E-state index in [1.807, 2.05) is 21.1 Å². The molecule has 3 unspecified atom stereocenters. The summed E-state index contributed by atoms with van der Waals surface area (Å²) in [5.74, 6) is -0.183. The summed E-state index contributed by atoms with van der Waals surface area (Å²) in [4.78, 5) is 25.3. The second-order valence-corrected chi connectivity index (χ2v) is 18.5. The molecule has 346 valence electrons. The predicted octanol–water partition coefficient (Wildman–Crippen LogP) is 13.1. The summed E-state index contributed by atoms with van der Waals surface area (Å²) < 4.78 is 23.2. The first kappa shape index (κ1) is 57.7. The van der Waals surface area contributed by atoms with E-state index in [0.29, 0.717) is 23.9 Å². The van der Waals surface area contributed by atoms with E-state index in [0.717, 1.165) is 96.3 Å². The number of likely N-dealkylation sites (N-methyl/N-ethyl adjacent to an activating group) is 1. The monoisotopic (exact) mass is 859 g/mol. The minimum atomic E-state index is -4.57. The predicted molar refractivity (Wildman–Crippen MR) is 256 cm³/mol. The van der Waals surface area contributed by atoms with Gasteiger partial charge >= 0.3 is 0 Å². The highest BCUT2D eigenvalue weighted by molar-refractivity contribution is 7.45. The average molecular weight is 859 g/mol. The van der Waals surface area contributed by atoms with Crippen LogP contribution in [0.4, 0.5) is 0 Å². The lowest BCUT2D eigenvalue weighted by Gasteiger charge is -2.30. The van der Waals surface area contributed by atoms with Crippen LogP contribution in [0.3, 0.4) is 0 Å². The van der Waals surface area contributed by atoms with Crippen molar-refractivity contribution < 1.29 is 32.9 Å². The first-order chi connectivity index (χ1) is 29.0. The van der Waals surface area contributed by atoms with Crippen LogP contribution >= 0.6 is 7.82 Å². The average Bonchev–Trinajstić information content (AvgIpc) is 3.20. The van der Waals surface area contributed by atoms with E-state index >= 15 is 0 Å². The third-order valence-electron chi connectivity index (χ3n) is 10.1. The molecule has 0 aromatic carbocycles. The molecule has 0 heterocycles. The molecule has 1 amide bonds. The van der Waals surface area contributed by atoms with Gasteiger partial charge in [-0.15, -0.1) is 0 Å². The van der Waals surface area contributed by atoms with Gasteiger partial charge in [0.1, 0.15) is 13.2 Å². The number of allylic oxidation sites excluding steroid dienone is 14. The van der Waals surface area contributed by atoms with Crippen molar-refractivity contribution in [1.82, 2.24) is 5.32 Å². The van der Waals surface area contributed by atoms with Crippen LogP contribution < -0.4 is 10.2 Å². The molecule has 2 N–H and O–H groups in total. The number of phosphoric acid groups is 1. The fourth-order valence-corrected chi connectivity index (χ4v) is 7.09. The van der Waals surface area contributed by atoms with Crippen molar-refractivity contribution in [2.24, 2.45) is 0 Å². The Labute approximate surface area is 369 Å². The van der Waals surface area contributed by atoms with Crippen LogP contribution in [0, 0.1) is 0 Å². The molecule has 0 rings (SSSR count). The van der Waals surface area contributed by atoms with Gasteiger partial charge in [0.15, 0.2) is 0 Å². The maximum Gasteiger partial charge on any atom is 0.268 e. The number of nitrogens with one attached hydrogen (secondary N) is 1. The number of aliphatic hydroxyl groups is 1. The van der Waals surface area contributed by atoms with Crippen molar-refractivity contribution in [3.05, 3.63) is 85.1 Å². The first-order valence-corrected chi connectivity index (χ1v) is 25.4. The zero-order valence-electron chi connectivity index (χ0n) is 39.1. The lowest BCUT2D eigenvalue weighted by molar-refractivity contribution is -0.870. The topological polar surface area (TPSA) is 108 Å². The lowest BCUT2D eigenvalue weighted by Crippen LogP contribution is -2.46. The Balaban J connectivity index is 4.19. The fourth-order valence-electron chi connectivity index (χ4n) is 6.37. The molecule has 0 radical (unpaired) electrons. The van der Waals surface area contributed by atoms with Gasteiger partial charge in [-0.3, -0.25) is 9.36 Å². The maximum atomic E-state index is 12.9. The summed E-state index contributed by atoms with van der Waals surface area (Å²) in [6.45, 7) is 4.55. The van der Waals surface area contributed by atoms with Crippen LogP contribution in [0.25, 0.3) is 0 Å². The second-order valence-electron chi connectivity index (χ2n) is 17.1. The fraction of sp³-hybridized carbons (Fsp3) is 0.706. The molecule has 9 heteroatoms. The van der Waals surface area contributed by atoms with E-state index in [-0.39, 0.29) is 19.1 Å². The minimum Gasteiger partial charge on any atom is -0.756 e. The quantitative estimate of drug-likeness (QED) is 0.0274. The van der Waals surface area contributed by atoms with E-state index in [2.05, 4.69) is 104 Å². The van der Waals surface area contributed by atoms with Crippen molar-refractivity contribution in [2.45, 2.75) is 193 Å². The van der Waals surface area contributed by atoms with Crippen molar-refractivity contribution in [2.75, 3.05) is 40.9 Å². The number of unbranched alkanes of at least 4 members (excludes halogenated alkanes) is 15. The van der Waals surface area contributed by atoms with Crippen LogP contribution in [0.5, 0.6) is 0 Å². The van der Waals surface area contributed by atoms with E-state index < -0.39 is 20.0 Å². The number of phosphoric ester groups is 1. The van der Waals surface area contributed by atoms with Gasteiger partial charge in [-0.1, -0.05) is 189 Å². The van der Waals surface area contributed by atoms with Crippen LogP contribution in [0.2, 0.25) is 0 Å². The van der Waals surface area contributed by atoms with E-state index in [4.69, 9.17) is 9.05 Å². The molecule has 0 fully saturated rings. The molecule has 0 aliphatic heterocycles. The molecule has 8 nitrogen and oxygen atoms in total. The second kappa shape index (κ2) is 42.0. The largest absolute Gasteiger partial charge is 0.756 e. The highest BCUT2D eigenvalue weighted by atomic mass is 31.2. The van der Waals surface area contributed by atoms with Gasteiger partial charge in [0, 0.05) is 6.42 Å². The molecule has 0 spiro atoms. The molecule has 60 heavy (non-hydrogen) atoms. The van der Waals surface area contributed by atoms with Gasteiger partial charge in [-0.2, -0.15) is 0 Å². The zero-order valence-corrected chi connectivity index (χ0v) is 40.0. The van der Waals surface area contributed by atoms with Gasteiger partial charge < -0.3 is 28.8 Å². The number of amides is 1. The summed E-state index contributed by atoms with van der Waals surface area (Å²) in [5, 5.41) is 13.8. The Bertz CT molecular complexity index is 1250. The van der Waals surface area contributed by atoms with E-state index in [1.165, 1.54) is 57.8 Å². The smallest absolute Gasteiger partial charge is 0.268 e. The molecule has 0 bridgehead atoms. The van der Waals surface area contributed by atoms with E-state index in [1.54, 1.807) is 0 Å². The number of carbonyl (C=O) groups excluding carboxylic acids is 1. The lowest BCUT2D eigenvalue weighted by atomic mass is 10.0. The third-order valence-corrected chi connectivity index (χ3v) is 11.1. The summed E-state index contributed by atoms with van der Waals surface area (Å²) in [5.41, 5.74) is 0. The van der Waals surface area contributed by atoms with Crippen molar-refractivity contribution in [3.63, 3.8) is 0 Å². The summed E-state index contributed by atoms with van der Waals surface area (Å²) in [6.07, 6.45) is 57.5. The van der Waals surface area contributed by atoms with Crippen molar-refractivity contribution in [3.8, 4) is 0 Å². The van der Waals surface area contributed by atoms with Gasteiger partial charge in [-0.05, 0) is 70.6 Å². The van der Waals surface area contributed by atoms with Gasteiger partial charge in [0.05, 0.1) is 39.9 Å². The van der Waals surface area contributed by atoms with Crippen molar-refractivity contribution in [1.29, 1.82) is 0 Å². The number of hydrogen-bond acceptors (Lipinski definition) is 6. The summed E-state index contributed by atoms with van der Waals surface area (Å²) >= 11 is 0. The molecule has 0 aliphatic rings. The number of quaternary nitrogens is 1. The first-order valence-electron chi connectivity index (χ1n) is 23.9. The number of carbonyl (C=O) groups is 1. The van der Waals surface area contributed by atoms with Gasteiger partial charge in [-0.25, -0.2) is 0 Å². The highest BCUT2D eigenvalue weighted by Crippen LogP contribution is 2.38. The number of hydrogen-bond donors (Lipinski definition) is 2. The zero-order chi connectivity index (χ0) is 44.3. The highest BCUT2D eigenvalue weighted by Gasteiger charge is 2.24. The standard InChI is InChI=1S/C51H91N2O6P/c1-6-8-10-12-14-16-17-18-19-20-21-22-23-24-25-26-27-28-29-30-31-32-33-34-35-37-39-41-43-45-51(55)52-49(48-59-60(56,57)58-47-46-53(3,4)5)50(54)44-42-40-38-36-15-13-11-9-7-2/h8,10,14,16,18-19,21-22,24-25,27-28,30-31,49-50,54H,6-7,9,11-13,15,17,20,23,26,29,32-48H2,1-5H3,(H-,52,55,56,57)/b10-8-,16-14-,19-18-,22-21-,25-24-,28-27-,31-30-. The van der Waals surface area contributed by atoms with Gasteiger partial charge in [0.2, 0.25) is 5.91 Å². The molecule has 0 aliphatic carbocycles. The van der Waals surface area contributed by atoms with Crippen LogP contribution in [-0.4, -0.2) is 68.5 Å². The Morgan fingerprint density at radius 1 is 0.600 bits per heavy atom. The molecular weight excluding hydrogens is 768 g/mol. The SMILES string of the molecule is CC/C=C\C/C=C\C/C=C\C/C=C\C/C=C\C/C=C\C/C=C\CCCCCCCCCC(=O)NC(COP(=O)([O-])OCC[N+](C)(C)C)C(O)CCCCCCCCCCC. The molecule has 0 aromatic rings. The Hall–Kier alpha value is -2.32. The molecule has 0 saturated heterocycles. The molecular formula is C51H91N2O6P. The summed E-state index contributed by atoms with van der Waals surface area (Å²) in [7, 11) is 1.28. The third kappa shape index (κ3) is 43.8. The molecule has 0 aromatic heterocycles. The number of nitrogens with zero attached hydrogens (tertiary/aromatic N) is 1. The van der Waals surface area contributed by atoms with Crippen molar-refractivity contribution >= 4 is 13.7 Å². The van der Waals surface area contributed by atoms with E-state index in [9.17, 15) is 19.4 Å².